The summed E-state index contributed by atoms with van der Waals surface area (Å²) in [6.45, 7) is 5.91. The SMILES string of the molecule is CC(C)C[C@H]1CN(c2ccccc2[N+](=O)[O-])CN1c1ccccc1. The molecule has 2 aromatic rings. The molecule has 0 radical (unpaired) electrons. The number of anilines is 2. The summed E-state index contributed by atoms with van der Waals surface area (Å²) in [6, 6.07) is 17.7. The Bertz CT molecular complexity index is 703. The molecule has 1 aliphatic heterocycles. The number of hydrogen-bond donors (Lipinski definition) is 0. The lowest BCUT2D eigenvalue weighted by atomic mass is 10.0. The van der Waals surface area contributed by atoms with Crippen LogP contribution in [0.4, 0.5) is 17.1 Å². The molecule has 0 amide bonds. The van der Waals surface area contributed by atoms with Gasteiger partial charge in [0.25, 0.3) is 5.69 Å². The molecule has 0 N–H and O–H groups in total. The molecule has 0 unspecified atom stereocenters. The zero-order chi connectivity index (χ0) is 17.1. The molecular weight excluding hydrogens is 302 g/mol. The number of nitro benzene ring substituents is 1. The lowest BCUT2D eigenvalue weighted by Crippen LogP contribution is -2.31. The third-order valence-corrected chi connectivity index (χ3v) is 4.45. The summed E-state index contributed by atoms with van der Waals surface area (Å²) in [4.78, 5) is 15.5. The monoisotopic (exact) mass is 325 g/mol. The Morgan fingerprint density at radius 1 is 1.12 bits per heavy atom. The highest BCUT2D eigenvalue weighted by Crippen LogP contribution is 2.34. The summed E-state index contributed by atoms with van der Waals surface area (Å²) in [6.07, 6.45) is 1.06. The maximum absolute atomic E-state index is 11.4. The average molecular weight is 325 g/mol. The second-order valence-electron chi connectivity index (χ2n) is 6.70. The van der Waals surface area contributed by atoms with Crippen molar-refractivity contribution in [3.63, 3.8) is 0 Å². The molecule has 5 nitrogen and oxygen atoms in total. The molecule has 1 heterocycles. The Hall–Kier alpha value is -2.56. The second kappa shape index (κ2) is 6.91. The van der Waals surface area contributed by atoms with E-state index < -0.39 is 0 Å². The van der Waals surface area contributed by atoms with Crippen LogP contribution in [0.25, 0.3) is 0 Å². The van der Waals surface area contributed by atoms with Gasteiger partial charge < -0.3 is 9.80 Å². The van der Waals surface area contributed by atoms with Crippen molar-refractivity contribution < 1.29 is 4.92 Å². The van der Waals surface area contributed by atoms with Crippen LogP contribution in [0.3, 0.4) is 0 Å². The van der Waals surface area contributed by atoms with Gasteiger partial charge in [-0.2, -0.15) is 0 Å². The van der Waals surface area contributed by atoms with E-state index in [1.807, 2.05) is 30.3 Å². The predicted octanol–water partition coefficient (Wildman–Crippen LogP) is 4.29. The number of hydrogen-bond acceptors (Lipinski definition) is 4. The van der Waals surface area contributed by atoms with Gasteiger partial charge in [-0.1, -0.05) is 44.2 Å². The van der Waals surface area contributed by atoms with Crippen LogP contribution in [0.2, 0.25) is 0 Å². The quantitative estimate of drug-likeness (QED) is 0.608. The minimum Gasteiger partial charge on any atom is -0.349 e. The Morgan fingerprint density at radius 2 is 1.79 bits per heavy atom. The molecule has 1 aliphatic rings. The molecule has 5 heteroatoms. The first-order valence-electron chi connectivity index (χ1n) is 8.36. The topological polar surface area (TPSA) is 49.6 Å². The van der Waals surface area contributed by atoms with Crippen molar-refractivity contribution in [1.29, 1.82) is 0 Å². The fourth-order valence-electron chi connectivity index (χ4n) is 3.43. The number of para-hydroxylation sites is 3. The van der Waals surface area contributed by atoms with Crippen LogP contribution < -0.4 is 9.80 Å². The fraction of sp³-hybridized carbons (Fsp3) is 0.368. The van der Waals surface area contributed by atoms with Gasteiger partial charge in [-0.05, 0) is 30.5 Å². The molecular formula is C19H23N3O2. The van der Waals surface area contributed by atoms with E-state index in [4.69, 9.17) is 0 Å². The van der Waals surface area contributed by atoms with Crippen LogP contribution in [0, 0.1) is 16.0 Å². The third kappa shape index (κ3) is 3.35. The molecule has 0 spiro atoms. The van der Waals surface area contributed by atoms with E-state index in [2.05, 4.69) is 35.8 Å². The molecule has 24 heavy (non-hydrogen) atoms. The van der Waals surface area contributed by atoms with Crippen LogP contribution in [0.5, 0.6) is 0 Å². The van der Waals surface area contributed by atoms with E-state index in [-0.39, 0.29) is 10.6 Å². The molecule has 1 saturated heterocycles. The average Bonchev–Trinajstić information content (AvgIpc) is 2.98. The van der Waals surface area contributed by atoms with E-state index in [0.29, 0.717) is 24.3 Å². The van der Waals surface area contributed by atoms with Gasteiger partial charge in [0.15, 0.2) is 0 Å². The van der Waals surface area contributed by atoms with Crippen molar-refractivity contribution >= 4 is 17.1 Å². The van der Waals surface area contributed by atoms with Gasteiger partial charge in [-0.3, -0.25) is 10.1 Å². The van der Waals surface area contributed by atoms with E-state index in [0.717, 1.165) is 13.0 Å². The molecule has 3 rings (SSSR count). The zero-order valence-electron chi connectivity index (χ0n) is 14.1. The Balaban J connectivity index is 1.91. The van der Waals surface area contributed by atoms with Gasteiger partial charge in [0.2, 0.25) is 0 Å². The lowest BCUT2D eigenvalue weighted by Gasteiger charge is -2.26. The highest BCUT2D eigenvalue weighted by atomic mass is 16.6. The van der Waals surface area contributed by atoms with Gasteiger partial charge in [0.05, 0.1) is 11.6 Å². The number of nitrogens with zero attached hydrogens (tertiary/aromatic N) is 3. The highest BCUT2D eigenvalue weighted by Gasteiger charge is 2.33. The van der Waals surface area contributed by atoms with Gasteiger partial charge in [0, 0.05) is 24.3 Å². The Labute approximate surface area is 142 Å². The fourth-order valence-corrected chi connectivity index (χ4v) is 3.43. The normalized spacial score (nSPS) is 17.5. The van der Waals surface area contributed by atoms with Gasteiger partial charge in [0.1, 0.15) is 5.69 Å². The molecule has 0 aliphatic carbocycles. The molecule has 0 aromatic heterocycles. The third-order valence-electron chi connectivity index (χ3n) is 4.45. The molecule has 126 valence electrons. The number of rotatable bonds is 5. The minimum absolute atomic E-state index is 0.177. The van der Waals surface area contributed by atoms with E-state index in [1.165, 1.54) is 5.69 Å². The summed E-state index contributed by atoms with van der Waals surface area (Å²) in [5, 5.41) is 11.4. The molecule has 1 atom stereocenters. The Morgan fingerprint density at radius 3 is 2.46 bits per heavy atom. The minimum atomic E-state index is -0.294. The maximum atomic E-state index is 11.4. The van der Waals surface area contributed by atoms with Crippen LogP contribution in [-0.2, 0) is 0 Å². The summed E-state index contributed by atoms with van der Waals surface area (Å²) < 4.78 is 0. The van der Waals surface area contributed by atoms with Crippen molar-refractivity contribution in [2.24, 2.45) is 5.92 Å². The van der Waals surface area contributed by atoms with Crippen LogP contribution >= 0.6 is 0 Å². The zero-order valence-corrected chi connectivity index (χ0v) is 14.1. The van der Waals surface area contributed by atoms with Gasteiger partial charge >= 0.3 is 0 Å². The Kier molecular flexibility index (Phi) is 4.69. The highest BCUT2D eigenvalue weighted by molar-refractivity contribution is 5.66. The van der Waals surface area contributed by atoms with Crippen molar-refractivity contribution in [1.82, 2.24) is 0 Å². The first-order valence-corrected chi connectivity index (χ1v) is 8.36. The number of nitro groups is 1. The maximum Gasteiger partial charge on any atom is 0.292 e. The van der Waals surface area contributed by atoms with Gasteiger partial charge in [-0.25, -0.2) is 0 Å². The van der Waals surface area contributed by atoms with Crippen molar-refractivity contribution in [2.45, 2.75) is 26.3 Å². The van der Waals surface area contributed by atoms with E-state index in [9.17, 15) is 10.1 Å². The first-order chi connectivity index (χ1) is 11.6. The lowest BCUT2D eigenvalue weighted by molar-refractivity contribution is -0.384. The molecule has 1 fully saturated rings. The predicted molar refractivity (Wildman–Crippen MR) is 97.5 cm³/mol. The smallest absolute Gasteiger partial charge is 0.292 e. The van der Waals surface area contributed by atoms with Crippen molar-refractivity contribution in [3.8, 4) is 0 Å². The standard InChI is InChI=1S/C19H23N3O2/c1-15(2)12-17-13-20(14-21(17)16-8-4-3-5-9-16)18-10-6-7-11-19(18)22(23)24/h3-11,15,17H,12-14H2,1-2H3/t17-/m0/s1. The van der Waals surface area contributed by atoms with Crippen molar-refractivity contribution in [2.75, 3.05) is 23.0 Å². The molecule has 0 bridgehead atoms. The van der Waals surface area contributed by atoms with E-state index in [1.54, 1.807) is 12.1 Å². The summed E-state index contributed by atoms with van der Waals surface area (Å²) in [7, 11) is 0. The summed E-state index contributed by atoms with van der Waals surface area (Å²) in [5.41, 5.74) is 2.05. The first kappa shape index (κ1) is 16.3. The number of benzene rings is 2. The summed E-state index contributed by atoms with van der Waals surface area (Å²) in [5.74, 6) is 0.576. The van der Waals surface area contributed by atoms with Crippen LogP contribution in [0.15, 0.2) is 54.6 Å². The van der Waals surface area contributed by atoms with Crippen LogP contribution in [0.1, 0.15) is 20.3 Å². The largest absolute Gasteiger partial charge is 0.349 e. The molecule has 2 aromatic carbocycles. The van der Waals surface area contributed by atoms with E-state index >= 15 is 0 Å². The van der Waals surface area contributed by atoms with Crippen molar-refractivity contribution in [3.05, 3.63) is 64.7 Å². The van der Waals surface area contributed by atoms with Crippen LogP contribution in [-0.4, -0.2) is 24.2 Å². The summed E-state index contributed by atoms with van der Waals surface area (Å²) >= 11 is 0. The van der Waals surface area contributed by atoms with Gasteiger partial charge in [-0.15, -0.1) is 0 Å². The molecule has 0 saturated carbocycles. The second-order valence-corrected chi connectivity index (χ2v) is 6.70.